The number of benzene rings is 2. The second-order valence-electron chi connectivity index (χ2n) is 5.79. The van der Waals surface area contributed by atoms with Crippen molar-refractivity contribution >= 4 is 23.3 Å². The first-order valence-electron chi connectivity index (χ1n) is 8.14. The normalized spacial score (nSPS) is 10.6. The van der Waals surface area contributed by atoms with Crippen LogP contribution in [0.5, 0.6) is 0 Å². The third-order valence-corrected chi connectivity index (χ3v) is 4.07. The number of halogens is 2. The van der Waals surface area contributed by atoms with Crippen LogP contribution >= 0.6 is 11.6 Å². The van der Waals surface area contributed by atoms with E-state index in [-0.39, 0.29) is 24.6 Å². The number of carbonyl (C=O) groups is 1. The summed E-state index contributed by atoms with van der Waals surface area (Å²) in [5.74, 6) is 0.0569. The second kappa shape index (κ2) is 8.05. The molecule has 0 aliphatic rings. The van der Waals surface area contributed by atoms with Crippen molar-refractivity contribution in [2.45, 2.75) is 6.54 Å². The molecule has 3 aromatic rings. The molecule has 1 heterocycles. The minimum atomic E-state index is -0.417. The Morgan fingerprint density at radius 3 is 2.67 bits per heavy atom. The summed E-state index contributed by atoms with van der Waals surface area (Å²) in [6.45, 7) is 0.392. The first-order valence-corrected chi connectivity index (χ1v) is 8.52. The van der Waals surface area contributed by atoms with Gasteiger partial charge in [-0.15, -0.1) is 5.10 Å². The molecule has 3 rings (SSSR count). The molecule has 2 aromatic carbocycles. The fraction of sp³-hybridized carbons (Fsp3) is 0.167. The van der Waals surface area contributed by atoms with Gasteiger partial charge >= 0.3 is 11.7 Å². The van der Waals surface area contributed by atoms with E-state index < -0.39 is 6.03 Å². The van der Waals surface area contributed by atoms with Gasteiger partial charge in [0.05, 0.1) is 6.54 Å². The van der Waals surface area contributed by atoms with Gasteiger partial charge in [0.15, 0.2) is 5.82 Å². The molecule has 2 amide bonds. The van der Waals surface area contributed by atoms with Crippen LogP contribution in [-0.2, 0) is 13.6 Å². The minimum Gasteiger partial charge on any atom is -0.336 e. The Labute approximate surface area is 159 Å². The molecule has 9 heteroatoms. The van der Waals surface area contributed by atoms with Crippen molar-refractivity contribution < 1.29 is 9.18 Å². The average Bonchev–Trinajstić information content (AvgIpc) is 2.91. The molecule has 0 bridgehead atoms. The number of nitrogens with zero attached hydrogens (tertiary/aromatic N) is 3. The predicted octanol–water partition coefficient (Wildman–Crippen LogP) is 2.86. The highest BCUT2D eigenvalue weighted by Gasteiger charge is 2.12. The number of hydrogen-bond acceptors (Lipinski definition) is 3. The van der Waals surface area contributed by atoms with Crippen LogP contribution in [0.15, 0.2) is 53.3 Å². The SMILES string of the molecule is Cn1c(-c2ccc(F)cc2)nn(CCNC(=O)Nc2cccc(Cl)c2)c1=O. The van der Waals surface area contributed by atoms with Crippen molar-refractivity contribution in [3.63, 3.8) is 0 Å². The van der Waals surface area contributed by atoms with Gasteiger partial charge in [0.2, 0.25) is 0 Å². The number of aromatic nitrogens is 3. The van der Waals surface area contributed by atoms with Gasteiger partial charge in [-0.3, -0.25) is 4.57 Å². The lowest BCUT2D eigenvalue weighted by molar-refractivity contribution is 0.251. The predicted molar refractivity (Wildman–Crippen MR) is 101 cm³/mol. The number of amides is 2. The smallest absolute Gasteiger partial charge is 0.336 e. The highest BCUT2D eigenvalue weighted by molar-refractivity contribution is 6.30. The lowest BCUT2D eigenvalue weighted by Gasteiger charge is -2.07. The summed E-state index contributed by atoms with van der Waals surface area (Å²) in [6, 6.07) is 12.1. The van der Waals surface area contributed by atoms with Crippen molar-refractivity contribution in [3.8, 4) is 11.4 Å². The molecule has 0 saturated heterocycles. The summed E-state index contributed by atoms with van der Waals surface area (Å²) in [6.07, 6.45) is 0. The fourth-order valence-corrected chi connectivity index (χ4v) is 2.69. The van der Waals surface area contributed by atoms with Crippen molar-refractivity contribution in [2.24, 2.45) is 7.05 Å². The van der Waals surface area contributed by atoms with Gasteiger partial charge in [-0.05, 0) is 42.5 Å². The number of anilines is 1. The summed E-state index contributed by atoms with van der Waals surface area (Å²) in [5, 5.41) is 10.1. The maximum Gasteiger partial charge on any atom is 0.345 e. The maximum absolute atomic E-state index is 13.1. The Morgan fingerprint density at radius 2 is 1.96 bits per heavy atom. The molecule has 0 aliphatic carbocycles. The van der Waals surface area contributed by atoms with Crippen LogP contribution in [0.2, 0.25) is 5.02 Å². The van der Waals surface area contributed by atoms with Crippen molar-refractivity contribution in [1.82, 2.24) is 19.7 Å². The maximum atomic E-state index is 13.1. The summed E-state index contributed by atoms with van der Waals surface area (Å²) in [5.41, 5.74) is 0.862. The molecule has 1 aromatic heterocycles. The molecule has 140 valence electrons. The summed E-state index contributed by atoms with van der Waals surface area (Å²) in [4.78, 5) is 24.2. The van der Waals surface area contributed by atoms with Gasteiger partial charge < -0.3 is 10.6 Å². The molecule has 2 N–H and O–H groups in total. The molecule has 0 spiro atoms. The van der Waals surface area contributed by atoms with E-state index in [1.165, 1.54) is 21.4 Å². The number of carbonyl (C=O) groups excluding carboxylic acids is 1. The quantitative estimate of drug-likeness (QED) is 0.704. The van der Waals surface area contributed by atoms with Crippen LogP contribution in [0.4, 0.5) is 14.9 Å². The van der Waals surface area contributed by atoms with Crippen LogP contribution in [0, 0.1) is 5.82 Å². The molecule has 0 radical (unpaired) electrons. The Morgan fingerprint density at radius 1 is 1.22 bits per heavy atom. The molecular formula is C18H17ClFN5O2. The lowest BCUT2D eigenvalue weighted by Crippen LogP contribution is -2.34. The first kappa shape index (κ1) is 18.7. The summed E-state index contributed by atoms with van der Waals surface area (Å²) in [7, 11) is 1.59. The summed E-state index contributed by atoms with van der Waals surface area (Å²) >= 11 is 5.87. The number of hydrogen-bond donors (Lipinski definition) is 2. The number of rotatable bonds is 5. The van der Waals surface area contributed by atoms with Crippen LogP contribution in [0.1, 0.15) is 0 Å². The topological polar surface area (TPSA) is 81.0 Å². The molecule has 0 fully saturated rings. The van der Waals surface area contributed by atoms with Gasteiger partial charge in [0.25, 0.3) is 0 Å². The minimum absolute atomic E-state index is 0.191. The Balaban J connectivity index is 1.61. The van der Waals surface area contributed by atoms with Crippen LogP contribution in [0.3, 0.4) is 0 Å². The van der Waals surface area contributed by atoms with Crippen molar-refractivity contribution in [2.75, 3.05) is 11.9 Å². The first-order chi connectivity index (χ1) is 12.9. The molecule has 0 unspecified atom stereocenters. The highest BCUT2D eigenvalue weighted by atomic mass is 35.5. The Hall–Kier alpha value is -3.13. The van der Waals surface area contributed by atoms with E-state index in [0.29, 0.717) is 22.1 Å². The lowest BCUT2D eigenvalue weighted by atomic mass is 10.2. The monoisotopic (exact) mass is 389 g/mol. The van der Waals surface area contributed by atoms with E-state index in [1.54, 1.807) is 43.4 Å². The van der Waals surface area contributed by atoms with Crippen molar-refractivity contribution in [3.05, 3.63) is 69.9 Å². The van der Waals surface area contributed by atoms with E-state index in [4.69, 9.17) is 11.6 Å². The van der Waals surface area contributed by atoms with E-state index in [1.807, 2.05) is 0 Å². The fourth-order valence-electron chi connectivity index (χ4n) is 2.50. The number of urea groups is 1. The molecule has 7 nitrogen and oxygen atoms in total. The number of nitrogens with one attached hydrogen (secondary N) is 2. The molecule has 0 atom stereocenters. The van der Waals surface area contributed by atoms with Crippen LogP contribution < -0.4 is 16.3 Å². The van der Waals surface area contributed by atoms with E-state index in [2.05, 4.69) is 15.7 Å². The van der Waals surface area contributed by atoms with E-state index >= 15 is 0 Å². The van der Waals surface area contributed by atoms with Gasteiger partial charge in [0.1, 0.15) is 5.82 Å². The standard InChI is InChI=1S/C18H17ClFN5O2/c1-24-16(12-5-7-14(20)8-6-12)23-25(18(24)27)10-9-21-17(26)22-15-4-2-3-13(19)11-15/h2-8,11H,9-10H2,1H3,(H2,21,22,26). The Kier molecular flexibility index (Phi) is 5.56. The van der Waals surface area contributed by atoms with Crippen molar-refractivity contribution in [1.29, 1.82) is 0 Å². The van der Waals surface area contributed by atoms with Crippen LogP contribution in [-0.4, -0.2) is 26.9 Å². The van der Waals surface area contributed by atoms with Gasteiger partial charge in [-0.25, -0.2) is 18.7 Å². The Bertz CT molecular complexity index is 1010. The van der Waals surface area contributed by atoms with E-state index in [0.717, 1.165) is 0 Å². The largest absolute Gasteiger partial charge is 0.345 e. The molecular weight excluding hydrogens is 373 g/mol. The molecule has 0 saturated carbocycles. The van der Waals surface area contributed by atoms with Gasteiger partial charge in [0, 0.05) is 29.9 Å². The van der Waals surface area contributed by atoms with Gasteiger partial charge in [-0.2, -0.15) is 0 Å². The third kappa shape index (κ3) is 4.53. The third-order valence-electron chi connectivity index (χ3n) is 3.83. The highest BCUT2D eigenvalue weighted by Crippen LogP contribution is 2.15. The molecule has 0 aliphatic heterocycles. The van der Waals surface area contributed by atoms with Crippen LogP contribution in [0.25, 0.3) is 11.4 Å². The second-order valence-corrected chi connectivity index (χ2v) is 6.22. The average molecular weight is 390 g/mol. The zero-order valence-corrected chi connectivity index (χ0v) is 15.2. The zero-order valence-electron chi connectivity index (χ0n) is 14.4. The van der Waals surface area contributed by atoms with Gasteiger partial charge in [-0.1, -0.05) is 17.7 Å². The summed E-state index contributed by atoms with van der Waals surface area (Å²) < 4.78 is 15.7. The van der Waals surface area contributed by atoms with E-state index in [9.17, 15) is 14.0 Å². The zero-order chi connectivity index (χ0) is 19.4. The molecule has 27 heavy (non-hydrogen) atoms.